The molecule has 3 N–H and O–H groups in total. The number of hydrogen-bond acceptors (Lipinski definition) is 3. The summed E-state index contributed by atoms with van der Waals surface area (Å²) >= 11 is 0. The molecular weight excluding hydrogens is 316 g/mol. The van der Waals surface area contributed by atoms with Crippen LogP contribution in [0.2, 0.25) is 0 Å². The van der Waals surface area contributed by atoms with Gasteiger partial charge >= 0.3 is 6.09 Å². The number of aromatic amines is 1. The number of anilines is 1. The number of nitrogens with zero attached hydrogens (tertiary/aromatic N) is 2. The van der Waals surface area contributed by atoms with E-state index >= 15 is 0 Å². The van der Waals surface area contributed by atoms with E-state index in [0.717, 1.165) is 48.1 Å². The number of fused-ring (bicyclic) bond motifs is 1. The van der Waals surface area contributed by atoms with Crippen LogP contribution in [0.5, 0.6) is 0 Å². The van der Waals surface area contributed by atoms with Crippen LogP contribution in [-0.4, -0.2) is 40.5 Å². The van der Waals surface area contributed by atoms with Gasteiger partial charge in [-0.3, -0.25) is 10.00 Å². The summed E-state index contributed by atoms with van der Waals surface area (Å²) in [4.78, 5) is 13.4. The maximum Gasteiger partial charge on any atom is 0.412 e. The zero-order chi connectivity index (χ0) is 17.2. The molecule has 2 aromatic carbocycles. The lowest BCUT2D eigenvalue weighted by molar-refractivity contribution is 0.197. The lowest BCUT2D eigenvalue weighted by Crippen LogP contribution is -2.45. The van der Waals surface area contributed by atoms with Crippen LogP contribution in [0.3, 0.4) is 0 Å². The van der Waals surface area contributed by atoms with E-state index in [4.69, 9.17) is 0 Å². The smallest absolute Gasteiger partial charge is 0.412 e. The van der Waals surface area contributed by atoms with E-state index in [2.05, 4.69) is 15.5 Å². The third kappa shape index (κ3) is 2.96. The van der Waals surface area contributed by atoms with Crippen molar-refractivity contribution in [3.05, 3.63) is 48.5 Å². The number of aromatic nitrogens is 2. The molecule has 3 aromatic rings. The van der Waals surface area contributed by atoms with Gasteiger partial charge in [0.25, 0.3) is 0 Å². The minimum absolute atomic E-state index is 0.00456. The van der Waals surface area contributed by atoms with E-state index in [9.17, 15) is 9.90 Å². The first-order chi connectivity index (χ1) is 12.2. The third-order valence-electron chi connectivity index (χ3n) is 4.75. The highest BCUT2D eigenvalue weighted by Gasteiger charge is 2.26. The summed E-state index contributed by atoms with van der Waals surface area (Å²) < 4.78 is 0. The van der Waals surface area contributed by atoms with E-state index in [1.807, 2.05) is 48.5 Å². The van der Waals surface area contributed by atoms with Crippen molar-refractivity contribution < 1.29 is 9.90 Å². The van der Waals surface area contributed by atoms with Crippen LogP contribution in [0.25, 0.3) is 22.2 Å². The second-order valence-corrected chi connectivity index (χ2v) is 6.30. The molecule has 1 aliphatic heterocycles. The van der Waals surface area contributed by atoms with Gasteiger partial charge in [-0.05, 0) is 44.1 Å². The summed E-state index contributed by atoms with van der Waals surface area (Å²) in [6.07, 6.45) is 0.736. The van der Waals surface area contributed by atoms with Crippen molar-refractivity contribution in [2.45, 2.75) is 18.9 Å². The van der Waals surface area contributed by atoms with E-state index in [1.165, 1.54) is 4.90 Å². The lowest BCUT2D eigenvalue weighted by Gasteiger charge is -2.32. The molecule has 0 bridgehead atoms. The molecule has 0 saturated carbocycles. The second-order valence-electron chi connectivity index (χ2n) is 6.30. The summed E-state index contributed by atoms with van der Waals surface area (Å²) in [6.45, 7) is 1.69. The standard InChI is InChI=1S/C19H20N4O2/c24-19(25)23(14-8-10-20-11-9-14)15-5-3-4-13(12-15)18-16-6-1-2-7-17(16)21-22-18/h1-7,12,14,20H,8-11H2,(H,21,22)(H,24,25). The van der Waals surface area contributed by atoms with Crippen molar-refractivity contribution in [2.24, 2.45) is 0 Å². The van der Waals surface area contributed by atoms with Crippen molar-refractivity contribution in [1.82, 2.24) is 15.5 Å². The third-order valence-corrected chi connectivity index (χ3v) is 4.75. The van der Waals surface area contributed by atoms with Crippen molar-refractivity contribution in [1.29, 1.82) is 0 Å². The van der Waals surface area contributed by atoms with Gasteiger partial charge in [-0.1, -0.05) is 30.3 Å². The number of nitrogens with one attached hydrogen (secondary N) is 2. The first-order valence-corrected chi connectivity index (χ1v) is 8.50. The Bertz CT molecular complexity index is 899. The van der Waals surface area contributed by atoms with Crippen LogP contribution in [0.15, 0.2) is 48.5 Å². The number of amides is 1. The highest BCUT2D eigenvalue weighted by Crippen LogP contribution is 2.30. The molecule has 1 aromatic heterocycles. The Morgan fingerprint density at radius 1 is 1.12 bits per heavy atom. The van der Waals surface area contributed by atoms with Crippen LogP contribution in [0, 0.1) is 0 Å². The van der Waals surface area contributed by atoms with Gasteiger partial charge in [0, 0.05) is 22.7 Å². The molecule has 25 heavy (non-hydrogen) atoms. The summed E-state index contributed by atoms with van der Waals surface area (Å²) in [6, 6.07) is 15.6. The Kier molecular flexibility index (Phi) is 4.11. The van der Waals surface area contributed by atoms with Gasteiger partial charge in [-0.2, -0.15) is 5.10 Å². The topological polar surface area (TPSA) is 81.2 Å². The van der Waals surface area contributed by atoms with Gasteiger partial charge in [0.2, 0.25) is 0 Å². The summed E-state index contributed by atoms with van der Waals surface area (Å²) in [5.41, 5.74) is 3.42. The maximum atomic E-state index is 11.9. The molecule has 0 atom stereocenters. The number of carboxylic acid groups (broad SMARTS) is 1. The van der Waals surface area contributed by atoms with E-state index in [0.29, 0.717) is 5.69 Å². The lowest BCUT2D eigenvalue weighted by atomic mass is 10.0. The number of para-hydroxylation sites is 1. The molecule has 1 aliphatic rings. The Hall–Kier alpha value is -2.86. The molecular formula is C19H20N4O2. The van der Waals surface area contributed by atoms with E-state index in [-0.39, 0.29) is 6.04 Å². The molecule has 0 aliphatic carbocycles. The first-order valence-electron chi connectivity index (χ1n) is 8.50. The van der Waals surface area contributed by atoms with Crippen LogP contribution < -0.4 is 10.2 Å². The largest absolute Gasteiger partial charge is 0.465 e. The molecule has 0 radical (unpaired) electrons. The fourth-order valence-corrected chi connectivity index (χ4v) is 3.53. The summed E-state index contributed by atoms with van der Waals surface area (Å²) in [5, 5.41) is 21.5. The monoisotopic (exact) mass is 336 g/mol. The van der Waals surface area contributed by atoms with Gasteiger partial charge < -0.3 is 10.4 Å². The predicted molar refractivity (Wildman–Crippen MR) is 97.9 cm³/mol. The molecule has 0 spiro atoms. The van der Waals surface area contributed by atoms with Gasteiger partial charge in [0.1, 0.15) is 0 Å². The Morgan fingerprint density at radius 3 is 2.72 bits per heavy atom. The molecule has 6 heteroatoms. The van der Waals surface area contributed by atoms with Gasteiger partial charge in [-0.25, -0.2) is 4.79 Å². The molecule has 1 fully saturated rings. The fourth-order valence-electron chi connectivity index (χ4n) is 3.53. The molecule has 1 amide bonds. The number of carbonyl (C=O) groups is 1. The van der Waals surface area contributed by atoms with Gasteiger partial charge in [0.05, 0.1) is 11.2 Å². The van der Waals surface area contributed by atoms with Gasteiger partial charge in [0.15, 0.2) is 0 Å². The molecule has 0 unspecified atom stereocenters. The molecule has 4 rings (SSSR count). The highest BCUT2D eigenvalue weighted by molar-refractivity contribution is 5.94. The van der Waals surface area contributed by atoms with Crippen LogP contribution in [0.4, 0.5) is 10.5 Å². The average molecular weight is 336 g/mol. The first kappa shape index (κ1) is 15.7. The minimum Gasteiger partial charge on any atom is -0.465 e. The Morgan fingerprint density at radius 2 is 1.92 bits per heavy atom. The van der Waals surface area contributed by atoms with Crippen LogP contribution in [-0.2, 0) is 0 Å². The van der Waals surface area contributed by atoms with Crippen LogP contribution in [0.1, 0.15) is 12.8 Å². The fraction of sp³-hybridized carbons (Fsp3) is 0.263. The summed E-state index contributed by atoms with van der Waals surface area (Å²) in [5.74, 6) is 0. The van der Waals surface area contributed by atoms with Crippen LogP contribution >= 0.6 is 0 Å². The molecule has 128 valence electrons. The van der Waals surface area contributed by atoms with Crippen molar-refractivity contribution >= 4 is 22.7 Å². The van der Waals surface area contributed by atoms with Crippen molar-refractivity contribution in [3.8, 4) is 11.3 Å². The number of rotatable bonds is 3. The average Bonchev–Trinajstić information content (AvgIpc) is 3.07. The van der Waals surface area contributed by atoms with Crippen molar-refractivity contribution in [2.75, 3.05) is 18.0 Å². The maximum absolute atomic E-state index is 11.9. The van der Waals surface area contributed by atoms with Gasteiger partial charge in [-0.15, -0.1) is 0 Å². The molecule has 2 heterocycles. The minimum atomic E-state index is -0.907. The van der Waals surface area contributed by atoms with E-state index in [1.54, 1.807) is 0 Å². The molecule has 6 nitrogen and oxygen atoms in total. The van der Waals surface area contributed by atoms with E-state index < -0.39 is 6.09 Å². The number of benzene rings is 2. The Labute approximate surface area is 145 Å². The predicted octanol–water partition coefficient (Wildman–Crippen LogP) is 3.47. The number of hydrogen-bond donors (Lipinski definition) is 3. The normalized spacial score (nSPS) is 15.4. The van der Waals surface area contributed by atoms with Crippen molar-refractivity contribution in [3.63, 3.8) is 0 Å². The summed E-state index contributed by atoms with van der Waals surface area (Å²) in [7, 11) is 0. The second kappa shape index (κ2) is 6.57. The zero-order valence-electron chi connectivity index (χ0n) is 13.8. The SMILES string of the molecule is O=C(O)N(c1cccc(-c2n[nH]c3ccccc23)c1)C1CCNCC1. The zero-order valence-corrected chi connectivity index (χ0v) is 13.8. The molecule has 1 saturated heterocycles. The number of H-pyrrole nitrogens is 1. The highest BCUT2D eigenvalue weighted by atomic mass is 16.4. The quantitative estimate of drug-likeness (QED) is 0.684. The number of piperidine rings is 1. The Balaban J connectivity index is 1.74.